The molecule has 8 aromatic heterocycles. The summed E-state index contributed by atoms with van der Waals surface area (Å²) < 4.78 is 0. The third-order valence-electron chi connectivity index (χ3n) is 11.2. The first kappa shape index (κ1) is 103. The van der Waals surface area contributed by atoms with Gasteiger partial charge in [0.15, 0.2) is 0 Å². The third kappa shape index (κ3) is 58.6. The Bertz CT molecular complexity index is 2940. The predicted octanol–water partition coefficient (Wildman–Crippen LogP) is 26.2. The summed E-state index contributed by atoms with van der Waals surface area (Å²) in [7, 11) is 0. The van der Waals surface area contributed by atoms with Crippen LogP contribution in [0.4, 0.5) is 0 Å². The summed E-state index contributed by atoms with van der Waals surface area (Å²) in [6, 6.07) is 42.1. The maximum atomic E-state index is 4.17. The number of benzene rings is 3. The van der Waals surface area contributed by atoms with Gasteiger partial charge >= 0.3 is 0 Å². The smallest absolute Gasteiger partial charge is 0.125 e. The molecule has 0 aliphatic carbocycles. The van der Waals surface area contributed by atoms with Gasteiger partial charge in [-0.25, -0.2) is 19.9 Å². The van der Waals surface area contributed by atoms with Gasteiger partial charge < -0.3 is 0 Å². The molecule has 0 radical (unpaired) electrons. The molecule has 3 aromatic carbocycles. The van der Waals surface area contributed by atoms with Crippen LogP contribution >= 0.6 is 0 Å². The Balaban J connectivity index is -0.000000186. The normalized spacial score (nSPS) is 8.41. The number of aryl methyl sites for hydroxylation is 18. The van der Waals surface area contributed by atoms with Gasteiger partial charge in [-0.2, -0.15) is 0 Å². The maximum Gasteiger partial charge on any atom is 0.125 e. The molecule has 98 heavy (non-hydrogen) atoms. The van der Waals surface area contributed by atoms with Crippen molar-refractivity contribution in [2.75, 3.05) is 0 Å². The van der Waals surface area contributed by atoms with E-state index in [2.05, 4.69) is 156 Å². The van der Waals surface area contributed by atoms with E-state index in [0.717, 1.165) is 56.9 Å². The van der Waals surface area contributed by atoms with Crippen molar-refractivity contribution in [3.8, 4) is 0 Å². The average molecular weight is 1340 g/mol. The fourth-order valence-electron chi connectivity index (χ4n) is 6.99. The lowest BCUT2D eigenvalue weighted by molar-refractivity contribution is 1.03. The van der Waals surface area contributed by atoms with Crippen LogP contribution in [-0.2, 0) is 0 Å². The van der Waals surface area contributed by atoms with Crippen molar-refractivity contribution in [2.24, 2.45) is 0 Å². The van der Waals surface area contributed by atoms with E-state index in [9.17, 15) is 0 Å². The summed E-state index contributed by atoms with van der Waals surface area (Å²) in [4.78, 5) is 40.3. The quantitative estimate of drug-likeness (QED) is 0.135. The second-order valence-corrected chi connectivity index (χ2v) is 20.0. The zero-order valence-corrected chi connectivity index (χ0v) is 68.8. The van der Waals surface area contributed by atoms with Crippen LogP contribution in [0.2, 0.25) is 0 Å². The van der Waals surface area contributed by atoms with Crippen molar-refractivity contribution < 1.29 is 0 Å². The molecule has 0 N–H and O–H groups in total. The van der Waals surface area contributed by atoms with E-state index in [1.807, 2.05) is 326 Å². The molecule has 0 spiro atoms. The van der Waals surface area contributed by atoms with Gasteiger partial charge in [0, 0.05) is 96.1 Å². The van der Waals surface area contributed by atoms with Crippen LogP contribution in [-0.4, -0.2) is 49.8 Å². The summed E-state index contributed by atoms with van der Waals surface area (Å²) in [6.45, 7) is 72.2. The van der Waals surface area contributed by atoms with E-state index in [1.54, 1.807) is 0 Å². The van der Waals surface area contributed by atoms with Crippen LogP contribution in [0.5, 0.6) is 0 Å². The van der Waals surface area contributed by atoms with Crippen molar-refractivity contribution in [3.63, 3.8) is 0 Å². The summed E-state index contributed by atoms with van der Waals surface area (Å²) in [5, 5.41) is 5.31. The molecule has 10 heteroatoms. The molecular weight excluding hydrogens is 1200 g/mol. The Kier molecular flexibility index (Phi) is 74.5. The van der Waals surface area contributed by atoms with Crippen LogP contribution in [0.3, 0.4) is 0 Å². The molecule has 0 saturated carbocycles. The lowest BCUT2D eigenvalue weighted by Crippen LogP contribution is -1.84. The van der Waals surface area contributed by atoms with E-state index in [0.29, 0.717) is 0 Å². The van der Waals surface area contributed by atoms with Crippen LogP contribution in [0.25, 0.3) is 21.5 Å². The lowest BCUT2D eigenvalue weighted by Gasteiger charge is -2.04. The maximum absolute atomic E-state index is 4.17. The topological polar surface area (TPSA) is 129 Å². The second kappa shape index (κ2) is 71.0. The van der Waals surface area contributed by atoms with Crippen LogP contribution < -0.4 is 0 Å². The molecule has 10 nitrogen and oxygen atoms in total. The summed E-state index contributed by atoms with van der Waals surface area (Å²) >= 11 is 0. The molecule has 0 bridgehead atoms. The highest BCUT2D eigenvalue weighted by atomic mass is 14.8. The monoisotopic (exact) mass is 1340 g/mol. The van der Waals surface area contributed by atoms with Crippen LogP contribution in [0, 0.1) is 125 Å². The zero-order chi connectivity index (χ0) is 77.0. The molecule has 0 saturated heterocycles. The van der Waals surface area contributed by atoms with Gasteiger partial charge in [0.05, 0.1) is 0 Å². The number of rotatable bonds is 0. The summed E-state index contributed by atoms with van der Waals surface area (Å²) in [6.07, 6.45) is 18.3. The van der Waals surface area contributed by atoms with Gasteiger partial charge in [-0.1, -0.05) is 196 Å². The molecule has 0 aliphatic heterocycles. The van der Waals surface area contributed by atoms with Gasteiger partial charge in [0.1, 0.15) is 11.6 Å². The third-order valence-corrected chi connectivity index (χ3v) is 11.2. The molecule has 11 aromatic rings. The number of aromatic nitrogens is 10. The van der Waals surface area contributed by atoms with Crippen molar-refractivity contribution in [3.05, 3.63) is 285 Å². The standard InChI is InChI=1S/C16H14.6C7H9N.2C6H8N2.9C2H6/c1-11-3-5-13-10-16-8-12(2)4-6-14(16)9-15(13)7-11;1-6-3-7(2)5-8-4-6;2*1-6-3-4-8-7(2)5-6;2*1-6-3-4-7(2)8-5-6;1-6-4-3-5-7(2)8-6;2*1-5-3-7-6(2)8-4-5;9*1-2/h3-10H,1-2H3;6*3-5H,1-2H3;2*3-4H,1-2H3;9*1-2H3. The van der Waals surface area contributed by atoms with Gasteiger partial charge in [-0.05, 0) is 251 Å². The predicted molar refractivity (Wildman–Crippen MR) is 438 cm³/mol. The number of fused-ring (bicyclic) bond motifs is 2. The fraction of sp³-hybridized carbons (Fsp3) is 0.409. The van der Waals surface area contributed by atoms with Gasteiger partial charge in [0.2, 0.25) is 0 Å². The molecule has 11 rings (SSSR count). The van der Waals surface area contributed by atoms with E-state index in [-0.39, 0.29) is 0 Å². The first-order valence-corrected chi connectivity index (χ1v) is 35.8. The van der Waals surface area contributed by atoms with Crippen LogP contribution in [0.1, 0.15) is 226 Å². The SMILES string of the molecule is CC.CC.CC.CC.CC.CC.CC.CC.CC.Cc1ccc(C)nc1.Cc1ccc(C)nc1.Cc1ccc2cc3cc(C)ccc3cc2c1.Cc1cccc(C)n1.Cc1ccnc(C)c1.Cc1ccnc(C)c1.Cc1cnc(C)nc1.Cc1cnc(C)nc1.Cc1cncc(C)c1. The Labute approximate surface area is 602 Å². The highest BCUT2D eigenvalue weighted by molar-refractivity contribution is 5.98. The minimum absolute atomic E-state index is 0.829. The van der Waals surface area contributed by atoms with Crippen molar-refractivity contribution in [1.29, 1.82) is 0 Å². The summed E-state index contributed by atoms with van der Waals surface area (Å²) in [5.41, 5.74) is 18.8. The molecule has 540 valence electrons. The first-order valence-electron chi connectivity index (χ1n) is 35.8. The van der Waals surface area contributed by atoms with Crippen molar-refractivity contribution in [2.45, 2.75) is 249 Å². The van der Waals surface area contributed by atoms with E-state index >= 15 is 0 Å². The first-order chi connectivity index (χ1) is 47.0. The zero-order valence-electron chi connectivity index (χ0n) is 68.8. The lowest BCUT2D eigenvalue weighted by atomic mass is 10.0. The number of pyridine rings is 6. The van der Waals surface area contributed by atoms with E-state index in [4.69, 9.17) is 0 Å². The van der Waals surface area contributed by atoms with E-state index in [1.165, 1.54) is 66.1 Å². The van der Waals surface area contributed by atoms with Gasteiger partial charge in [0.25, 0.3) is 0 Å². The molecule has 8 heterocycles. The summed E-state index contributed by atoms with van der Waals surface area (Å²) in [5.74, 6) is 1.66. The molecule has 0 amide bonds. The highest BCUT2D eigenvalue weighted by Crippen LogP contribution is 2.24. The number of nitrogens with zero attached hydrogens (tertiary/aromatic N) is 10. The van der Waals surface area contributed by atoms with Gasteiger partial charge in [-0.15, -0.1) is 0 Å². The van der Waals surface area contributed by atoms with Crippen molar-refractivity contribution in [1.82, 2.24) is 49.8 Å². The number of hydrogen-bond donors (Lipinski definition) is 0. The van der Waals surface area contributed by atoms with Crippen molar-refractivity contribution >= 4 is 21.5 Å². The van der Waals surface area contributed by atoms with Crippen LogP contribution in [0.15, 0.2) is 183 Å². The molecule has 0 fully saturated rings. The Morgan fingerprint density at radius 3 is 0.673 bits per heavy atom. The minimum atomic E-state index is 0.829. The Hall–Kier alpha value is -8.76. The number of hydrogen-bond acceptors (Lipinski definition) is 10. The molecular formula is C88H138N10. The highest BCUT2D eigenvalue weighted by Gasteiger charge is 1.99. The second-order valence-electron chi connectivity index (χ2n) is 20.0. The largest absolute Gasteiger partial charge is 0.264 e. The molecule has 0 aliphatic rings. The fourth-order valence-corrected chi connectivity index (χ4v) is 6.99. The minimum Gasteiger partial charge on any atom is -0.264 e. The molecule has 0 atom stereocenters. The van der Waals surface area contributed by atoms with E-state index < -0.39 is 0 Å². The molecule has 0 unspecified atom stereocenters. The Morgan fingerprint density at radius 2 is 0.469 bits per heavy atom. The Morgan fingerprint density at radius 1 is 0.184 bits per heavy atom. The average Bonchev–Trinajstić information content (AvgIpc) is 0.799. The van der Waals surface area contributed by atoms with Gasteiger partial charge in [-0.3, -0.25) is 29.9 Å².